The van der Waals surface area contributed by atoms with E-state index in [9.17, 15) is 4.79 Å². The maximum Gasteiger partial charge on any atom is 0.324 e. The Morgan fingerprint density at radius 2 is 2.55 bits per heavy atom. The molecular weight excluding hydrogens is 277 g/mol. The Labute approximate surface area is 82.6 Å². The van der Waals surface area contributed by atoms with E-state index in [0.717, 1.165) is 19.4 Å². The topological polar surface area (TPSA) is 29.5 Å². The Balaban J connectivity index is 2.49. The van der Waals surface area contributed by atoms with Crippen LogP contribution in [0, 0.1) is 0 Å². The third-order valence-corrected chi connectivity index (χ3v) is 3.90. The fraction of sp³-hybridized carbons (Fsp3) is 0.833. The van der Waals surface area contributed by atoms with Gasteiger partial charge in [-0.3, -0.25) is 4.79 Å². The number of rotatable bonds is 2. The molecule has 0 aromatic heterocycles. The molecule has 11 heavy (non-hydrogen) atoms. The van der Waals surface area contributed by atoms with Gasteiger partial charge in [0, 0.05) is 27.8 Å². The van der Waals surface area contributed by atoms with E-state index in [4.69, 9.17) is 0 Å². The van der Waals surface area contributed by atoms with Gasteiger partial charge in [0.25, 0.3) is 0 Å². The summed E-state index contributed by atoms with van der Waals surface area (Å²) in [4.78, 5) is 11.1. The van der Waals surface area contributed by atoms with Gasteiger partial charge in [0.15, 0.2) is 0 Å². The maximum absolute atomic E-state index is 11.1. The SMILES string of the molecule is COC(=O)[C@@H]1CCCN1SI. The van der Waals surface area contributed by atoms with E-state index in [2.05, 4.69) is 30.2 Å². The zero-order chi connectivity index (χ0) is 8.27. The van der Waals surface area contributed by atoms with Crippen molar-refractivity contribution in [1.82, 2.24) is 4.31 Å². The first kappa shape index (κ1) is 9.60. The van der Waals surface area contributed by atoms with Crippen LogP contribution >= 0.6 is 30.3 Å². The first-order valence-electron chi connectivity index (χ1n) is 3.42. The second kappa shape index (κ2) is 4.51. The van der Waals surface area contributed by atoms with E-state index in [1.54, 1.807) is 9.12 Å². The molecule has 0 spiro atoms. The predicted octanol–water partition coefficient (Wildman–Crippen LogP) is 1.62. The van der Waals surface area contributed by atoms with Crippen molar-refractivity contribution in [3.63, 3.8) is 0 Å². The Kier molecular flexibility index (Phi) is 3.94. The lowest BCUT2D eigenvalue weighted by atomic mass is 10.2. The molecule has 0 unspecified atom stereocenters. The van der Waals surface area contributed by atoms with E-state index in [-0.39, 0.29) is 12.0 Å². The number of carbonyl (C=O) groups excluding carboxylic acids is 1. The highest BCUT2D eigenvalue weighted by atomic mass is 127. The van der Waals surface area contributed by atoms with Gasteiger partial charge in [0.1, 0.15) is 6.04 Å². The van der Waals surface area contributed by atoms with Gasteiger partial charge in [-0.25, -0.2) is 4.31 Å². The zero-order valence-corrected chi connectivity index (χ0v) is 9.22. The van der Waals surface area contributed by atoms with Crippen LogP contribution in [0.4, 0.5) is 0 Å². The van der Waals surface area contributed by atoms with E-state index in [1.165, 1.54) is 7.11 Å². The highest BCUT2D eigenvalue weighted by Crippen LogP contribution is 2.29. The number of ether oxygens (including phenoxy) is 1. The number of carbonyl (C=O) groups is 1. The van der Waals surface area contributed by atoms with Crippen LogP contribution in [0.15, 0.2) is 0 Å². The van der Waals surface area contributed by atoms with Crippen molar-refractivity contribution in [2.45, 2.75) is 18.9 Å². The summed E-state index contributed by atoms with van der Waals surface area (Å²) in [6.07, 6.45) is 2.03. The first-order chi connectivity index (χ1) is 5.29. The minimum atomic E-state index is -0.105. The summed E-state index contributed by atoms with van der Waals surface area (Å²) in [5.74, 6) is -0.105. The molecule has 1 atom stereocenters. The number of hydrogen-bond donors (Lipinski definition) is 0. The molecule has 0 aromatic carbocycles. The average Bonchev–Trinajstić information content (AvgIpc) is 2.50. The second-order valence-electron chi connectivity index (χ2n) is 2.39. The fourth-order valence-corrected chi connectivity index (χ4v) is 3.09. The molecule has 0 saturated carbocycles. The lowest BCUT2D eigenvalue weighted by molar-refractivity contribution is -0.144. The predicted molar refractivity (Wildman–Crippen MR) is 53.4 cm³/mol. The van der Waals surface area contributed by atoms with Crippen LogP contribution in [-0.4, -0.2) is 30.0 Å². The molecule has 1 rings (SSSR count). The van der Waals surface area contributed by atoms with Crippen molar-refractivity contribution >= 4 is 36.3 Å². The van der Waals surface area contributed by atoms with Crippen LogP contribution in [0.2, 0.25) is 0 Å². The average molecular weight is 287 g/mol. The molecule has 5 heteroatoms. The van der Waals surface area contributed by atoms with Crippen molar-refractivity contribution in [3.05, 3.63) is 0 Å². The normalized spacial score (nSPS) is 25.5. The van der Waals surface area contributed by atoms with Gasteiger partial charge in [-0.05, 0) is 22.0 Å². The molecule has 0 aromatic rings. The molecule has 1 fully saturated rings. The number of halogens is 1. The largest absolute Gasteiger partial charge is 0.468 e. The van der Waals surface area contributed by atoms with Crippen molar-refractivity contribution in [3.8, 4) is 0 Å². The second-order valence-corrected chi connectivity index (χ2v) is 4.18. The Morgan fingerprint density at radius 1 is 1.82 bits per heavy atom. The van der Waals surface area contributed by atoms with Crippen LogP contribution in [0.1, 0.15) is 12.8 Å². The quantitative estimate of drug-likeness (QED) is 0.438. The van der Waals surface area contributed by atoms with Crippen LogP contribution in [0.25, 0.3) is 0 Å². The van der Waals surface area contributed by atoms with E-state index >= 15 is 0 Å². The number of hydrogen-bond acceptors (Lipinski definition) is 4. The van der Waals surface area contributed by atoms with Gasteiger partial charge in [-0.15, -0.1) is 0 Å². The number of esters is 1. The number of nitrogens with zero attached hydrogens (tertiary/aromatic N) is 1. The summed E-state index contributed by atoms with van der Waals surface area (Å²) in [5, 5.41) is 0. The van der Waals surface area contributed by atoms with Crippen LogP contribution in [-0.2, 0) is 9.53 Å². The molecule has 0 radical (unpaired) electrons. The Hall–Kier alpha value is 0.510. The highest BCUT2D eigenvalue weighted by molar-refractivity contribution is 14.2. The van der Waals surface area contributed by atoms with Crippen molar-refractivity contribution in [2.24, 2.45) is 0 Å². The van der Waals surface area contributed by atoms with Gasteiger partial charge < -0.3 is 4.74 Å². The van der Waals surface area contributed by atoms with Gasteiger partial charge in [-0.2, -0.15) is 0 Å². The summed E-state index contributed by atoms with van der Waals surface area (Å²) in [7, 11) is 3.03. The lowest BCUT2D eigenvalue weighted by Crippen LogP contribution is -2.31. The molecule has 1 heterocycles. The van der Waals surface area contributed by atoms with E-state index in [1.807, 2.05) is 0 Å². The molecule has 1 saturated heterocycles. The molecule has 64 valence electrons. The van der Waals surface area contributed by atoms with E-state index < -0.39 is 0 Å². The lowest BCUT2D eigenvalue weighted by Gasteiger charge is -2.17. The van der Waals surface area contributed by atoms with Gasteiger partial charge in [0.05, 0.1) is 7.11 Å². The van der Waals surface area contributed by atoms with Crippen molar-refractivity contribution in [2.75, 3.05) is 13.7 Å². The molecular formula is C6H10INO2S. The standard InChI is InChI=1S/C6H10INO2S/c1-10-6(9)5-3-2-4-8(5)11-7/h5H,2-4H2,1H3/t5-/m0/s1. The van der Waals surface area contributed by atoms with Gasteiger partial charge >= 0.3 is 5.97 Å². The Bertz CT molecular complexity index is 156. The summed E-state index contributed by atoms with van der Waals surface area (Å²) < 4.78 is 6.73. The highest BCUT2D eigenvalue weighted by Gasteiger charge is 2.31. The molecule has 3 nitrogen and oxygen atoms in total. The Morgan fingerprint density at radius 3 is 3.09 bits per heavy atom. The van der Waals surface area contributed by atoms with Crippen LogP contribution in [0.3, 0.4) is 0 Å². The minimum Gasteiger partial charge on any atom is -0.468 e. The van der Waals surface area contributed by atoms with Crippen LogP contribution < -0.4 is 0 Å². The molecule has 0 bridgehead atoms. The monoisotopic (exact) mass is 287 g/mol. The molecule has 0 N–H and O–H groups in total. The third kappa shape index (κ3) is 2.22. The van der Waals surface area contributed by atoms with E-state index in [0.29, 0.717) is 0 Å². The molecule has 1 aliphatic heterocycles. The first-order valence-corrected chi connectivity index (χ1v) is 6.74. The van der Waals surface area contributed by atoms with Crippen molar-refractivity contribution in [1.29, 1.82) is 0 Å². The van der Waals surface area contributed by atoms with Gasteiger partial charge in [0.2, 0.25) is 0 Å². The summed E-state index contributed by atoms with van der Waals surface area (Å²) in [6, 6.07) is -0.0121. The zero-order valence-electron chi connectivity index (χ0n) is 6.25. The summed E-state index contributed by atoms with van der Waals surface area (Å²) in [5.41, 5.74) is 0. The molecule has 0 amide bonds. The van der Waals surface area contributed by atoms with Gasteiger partial charge in [-0.1, -0.05) is 0 Å². The van der Waals surface area contributed by atoms with Crippen LogP contribution in [0.5, 0.6) is 0 Å². The maximum atomic E-state index is 11.1. The summed E-state index contributed by atoms with van der Waals surface area (Å²) in [6.45, 7) is 0.993. The molecule has 0 aliphatic carbocycles. The van der Waals surface area contributed by atoms with Crippen molar-refractivity contribution < 1.29 is 9.53 Å². The third-order valence-electron chi connectivity index (χ3n) is 1.77. The summed E-state index contributed by atoms with van der Waals surface area (Å²) >= 11 is 2.19. The number of methoxy groups -OCH3 is 1. The minimum absolute atomic E-state index is 0.0121. The smallest absolute Gasteiger partial charge is 0.324 e. The molecule has 1 aliphatic rings. The fourth-order valence-electron chi connectivity index (χ4n) is 1.19.